The smallest absolute Gasteiger partial charge is 0.330 e. The van der Waals surface area contributed by atoms with Gasteiger partial charge in [0.1, 0.15) is 22.6 Å². The maximum Gasteiger partial charge on any atom is 0.330 e. The molecule has 2 atom stereocenters. The zero-order valence-corrected chi connectivity index (χ0v) is 27.9. The van der Waals surface area contributed by atoms with Crippen LogP contribution in [0.5, 0.6) is 5.88 Å². The van der Waals surface area contributed by atoms with Crippen LogP contribution in [-0.4, -0.2) is 61.7 Å². The van der Waals surface area contributed by atoms with Gasteiger partial charge < -0.3 is 25.2 Å². The highest BCUT2D eigenvalue weighted by Gasteiger charge is 2.25. The van der Waals surface area contributed by atoms with Crippen molar-refractivity contribution in [2.75, 3.05) is 25.6 Å². The number of hydrogen-bond donors (Lipinski definition) is 3. The molecule has 3 N–H and O–H groups in total. The van der Waals surface area contributed by atoms with Crippen LogP contribution in [0.1, 0.15) is 29.8 Å². The summed E-state index contributed by atoms with van der Waals surface area (Å²) in [7, 11) is 4.23. The van der Waals surface area contributed by atoms with Gasteiger partial charge in [-0.25, -0.2) is 23.5 Å². The topological polar surface area (TPSA) is 145 Å². The minimum atomic E-state index is -2.94. The number of pyridine rings is 1. The van der Waals surface area contributed by atoms with Crippen LogP contribution in [0.4, 0.5) is 20.3 Å². The number of nitrogens with one attached hydrogen (secondary N) is 2. The molecule has 0 bridgehead atoms. The largest absolute Gasteiger partial charge is 0.480 e. The molecule has 12 nitrogen and oxygen atoms in total. The van der Waals surface area contributed by atoms with Crippen molar-refractivity contribution in [2.24, 2.45) is 14.1 Å². The molecule has 6 rings (SSSR count). The Labute approximate surface area is 284 Å². The number of aromatic nitrogens is 5. The van der Waals surface area contributed by atoms with Crippen LogP contribution in [0, 0.1) is 6.92 Å². The lowest BCUT2D eigenvalue weighted by molar-refractivity contribution is -0.0281. The number of aliphatic hydroxyl groups excluding tert-OH is 1. The van der Waals surface area contributed by atoms with Crippen molar-refractivity contribution < 1.29 is 23.4 Å². The quantitative estimate of drug-likeness (QED) is 0.200. The second-order valence-electron chi connectivity index (χ2n) is 11.7. The highest BCUT2D eigenvalue weighted by atomic mass is 35.5. The van der Waals surface area contributed by atoms with E-state index in [1.54, 1.807) is 18.3 Å². The normalized spacial score (nSPS) is 16.3. The number of halogens is 3. The standard InChI is InChI=1S/C34H34ClF2N7O5/c1-17-18(7-6-10-21(17)40-31-28-26(13-23(41-31)30(36)37)43(2)34(47)44(3)33(28)46)19-8-5-9-20(29(19)35)24-14-39-25(32(42-24)48-4)15-38-22-11-12-49-16-27(22)45/h5-10,13-14,22,27,30,38,45H,11-12,15-16H2,1-4H3,(H,40,41)/t22-,27-/m1/s1. The van der Waals surface area contributed by atoms with E-state index in [2.05, 4.69) is 25.6 Å². The summed E-state index contributed by atoms with van der Waals surface area (Å²) in [6, 6.07) is 11.8. The third-order valence-corrected chi connectivity index (χ3v) is 9.12. The van der Waals surface area contributed by atoms with Gasteiger partial charge in [0.05, 0.1) is 42.3 Å². The molecule has 0 aliphatic carbocycles. The molecule has 2 aromatic carbocycles. The molecule has 5 aromatic rings. The first-order valence-corrected chi connectivity index (χ1v) is 15.8. The molecule has 1 aliphatic rings. The lowest BCUT2D eigenvalue weighted by Crippen LogP contribution is -2.46. The van der Waals surface area contributed by atoms with Gasteiger partial charge in [0.2, 0.25) is 5.88 Å². The average Bonchev–Trinajstić information content (AvgIpc) is 3.10. The van der Waals surface area contributed by atoms with E-state index in [-0.39, 0.29) is 29.4 Å². The van der Waals surface area contributed by atoms with Gasteiger partial charge in [-0.15, -0.1) is 0 Å². The molecule has 0 amide bonds. The van der Waals surface area contributed by atoms with Crippen LogP contribution in [-0.2, 0) is 25.4 Å². The molecular weight excluding hydrogens is 660 g/mol. The van der Waals surface area contributed by atoms with E-state index >= 15 is 0 Å². The number of nitrogens with zero attached hydrogens (tertiary/aromatic N) is 5. The van der Waals surface area contributed by atoms with Crippen LogP contribution in [0.15, 0.2) is 58.3 Å². The van der Waals surface area contributed by atoms with E-state index in [1.165, 1.54) is 21.2 Å². The summed E-state index contributed by atoms with van der Waals surface area (Å²) in [5.41, 5.74) is 2.36. The van der Waals surface area contributed by atoms with Gasteiger partial charge in [-0.1, -0.05) is 41.9 Å². The van der Waals surface area contributed by atoms with Gasteiger partial charge in [0.15, 0.2) is 0 Å². The Morgan fingerprint density at radius 2 is 1.84 bits per heavy atom. The highest BCUT2D eigenvalue weighted by molar-refractivity contribution is 6.36. The minimum Gasteiger partial charge on any atom is -0.480 e. The number of ether oxygens (including phenoxy) is 2. The number of fused-ring (bicyclic) bond motifs is 1. The number of anilines is 2. The summed E-state index contributed by atoms with van der Waals surface area (Å²) < 4.78 is 40.7. The molecule has 0 spiro atoms. The zero-order chi connectivity index (χ0) is 35.0. The fraction of sp³-hybridized carbons (Fsp3) is 0.324. The maximum atomic E-state index is 13.9. The van der Waals surface area contributed by atoms with E-state index in [4.69, 9.17) is 21.1 Å². The van der Waals surface area contributed by atoms with Crippen LogP contribution in [0.3, 0.4) is 0 Å². The molecule has 1 aliphatic heterocycles. The second-order valence-corrected chi connectivity index (χ2v) is 12.1. The Morgan fingerprint density at radius 1 is 1.10 bits per heavy atom. The lowest BCUT2D eigenvalue weighted by Gasteiger charge is -2.28. The first-order chi connectivity index (χ1) is 23.5. The van der Waals surface area contributed by atoms with E-state index in [0.717, 1.165) is 20.8 Å². The first kappa shape index (κ1) is 34.1. The van der Waals surface area contributed by atoms with Crippen molar-refractivity contribution in [1.82, 2.24) is 29.4 Å². The number of alkyl halides is 2. The zero-order valence-electron chi connectivity index (χ0n) is 27.1. The van der Waals surface area contributed by atoms with E-state index in [0.29, 0.717) is 64.2 Å². The summed E-state index contributed by atoms with van der Waals surface area (Å²) >= 11 is 7.03. The van der Waals surface area contributed by atoms with E-state index in [9.17, 15) is 23.5 Å². The molecule has 15 heteroatoms. The van der Waals surface area contributed by atoms with Crippen LogP contribution >= 0.6 is 11.6 Å². The summed E-state index contributed by atoms with van der Waals surface area (Å²) in [5, 5.41) is 17.0. The molecule has 0 unspecified atom stereocenters. The number of methoxy groups -OCH3 is 1. The molecule has 49 heavy (non-hydrogen) atoms. The third-order valence-electron chi connectivity index (χ3n) is 8.71. The maximum absolute atomic E-state index is 13.9. The fourth-order valence-corrected chi connectivity index (χ4v) is 6.26. The summed E-state index contributed by atoms with van der Waals surface area (Å²) in [6.45, 7) is 2.99. The Balaban J connectivity index is 1.35. The average molecular weight is 694 g/mol. The Bertz CT molecular complexity index is 2170. The summed E-state index contributed by atoms with van der Waals surface area (Å²) in [5.74, 6) is 0.206. The molecule has 0 saturated carbocycles. The van der Waals surface area contributed by atoms with Crippen molar-refractivity contribution in [3.05, 3.63) is 91.5 Å². The number of aryl methyl sites for hydroxylation is 1. The van der Waals surface area contributed by atoms with Crippen molar-refractivity contribution in [1.29, 1.82) is 0 Å². The first-order valence-electron chi connectivity index (χ1n) is 15.4. The number of rotatable bonds is 9. The molecule has 256 valence electrons. The van der Waals surface area contributed by atoms with Crippen LogP contribution in [0.25, 0.3) is 33.3 Å². The second kappa shape index (κ2) is 14.0. The molecule has 1 saturated heterocycles. The summed E-state index contributed by atoms with van der Waals surface area (Å²) in [6.07, 6.45) is -1.28. The molecule has 0 radical (unpaired) electrons. The van der Waals surface area contributed by atoms with Crippen LogP contribution in [0.2, 0.25) is 5.02 Å². The highest BCUT2D eigenvalue weighted by Crippen LogP contribution is 2.40. The molecule has 4 heterocycles. The van der Waals surface area contributed by atoms with Gasteiger partial charge in [-0.05, 0) is 36.6 Å². The van der Waals surface area contributed by atoms with E-state index < -0.39 is 29.5 Å². The molecule has 3 aromatic heterocycles. The predicted molar refractivity (Wildman–Crippen MR) is 182 cm³/mol. The number of benzene rings is 2. The number of hydrogen-bond acceptors (Lipinski definition) is 10. The van der Waals surface area contributed by atoms with Crippen molar-refractivity contribution in [2.45, 2.75) is 38.5 Å². The number of aliphatic hydroxyl groups is 1. The van der Waals surface area contributed by atoms with Gasteiger partial charge in [-0.3, -0.25) is 18.9 Å². The van der Waals surface area contributed by atoms with Gasteiger partial charge in [-0.2, -0.15) is 0 Å². The monoisotopic (exact) mass is 693 g/mol. The van der Waals surface area contributed by atoms with Crippen LogP contribution < -0.4 is 26.6 Å². The Hall–Kier alpha value is -4.76. The van der Waals surface area contributed by atoms with Crippen molar-refractivity contribution >= 4 is 34.0 Å². The Kier molecular flexibility index (Phi) is 9.75. The Morgan fingerprint density at radius 3 is 2.57 bits per heavy atom. The fourth-order valence-electron chi connectivity index (χ4n) is 5.94. The molecule has 1 fully saturated rings. The third kappa shape index (κ3) is 6.52. The van der Waals surface area contributed by atoms with E-state index in [1.807, 2.05) is 31.2 Å². The lowest BCUT2D eigenvalue weighted by atomic mass is 9.96. The van der Waals surface area contributed by atoms with Crippen molar-refractivity contribution in [3.8, 4) is 28.3 Å². The molecular formula is C34H34ClF2N7O5. The minimum absolute atomic E-state index is 0.00561. The van der Waals surface area contributed by atoms with Gasteiger partial charge in [0.25, 0.3) is 12.0 Å². The predicted octanol–water partition coefficient (Wildman–Crippen LogP) is 4.65. The van der Waals surface area contributed by atoms with Gasteiger partial charge in [0, 0.05) is 50.1 Å². The van der Waals surface area contributed by atoms with Crippen molar-refractivity contribution in [3.63, 3.8) is 0 Å². The SMILES string of the molecule is COc1nc(-c2cccc(-c3cccc(Nc4nc(C(F)F)cc5c4c(=O)n(C)c(=O)n5C)c3C)c2Cl)cnc1CN[C@@H]1CCOC[C@H]1O. The summed E-state index contributed by atoms with van der Waals surface area (Å²) in [4.78, 5) is 39.1. The van der Waals surface area contributed by atoms with Gasteiger partial charge >= 0.3 is 5.69 Å².